The summed E-state index contributed by atoms with van der Waals surface area (Å²) in [5.74, 6) is -1.86. The summed E-state index contributed by atoms with van der Waals surface area (Å²) in [5, 5.41) is 11.2. The molecule has 2 aliphatic carbocycles. The molecule has 29 heavy (non-hydrogen) atoms. The molecule has 5 fully saturated rings. The van der Waals surface area contributed by atoms with E-state index in [1.54, 1.807) is 13.8 Å². The lowest BCUT2D eigenvalue weighted by Crippen LogP contribution is -2.56. The van der Waals surface area contributed by atoms with Crippen LogP contribution in [0.5, 0.6) is 0 Å². The molecule has 0 aromatic carbocycles. The van der Waals surface area contributed by atoms with Crippen LogP contribution in [0.1, 0.15) is 53.9 Å². The number of hydrogen-bond donors (Lipinski definition) is 1. The Morgan fingerprint density at radius 3 is 2.55 bits per heavy atom. The minimum absolute atomic E-state index is 0.0295. The van der Waals surface area contributed by atoms with E-state index in [0.29, 0.717) is 6.42 Å². The average Bonchev–Trinajstić information content (AvgIpc) is 3.26. The maximum atomic E-state index is 13.1. The van der Waals surface area contributed by atoms with E-state index in [0.717, 1.165) is 0 Å². The molecule has 8 heteroatoms. The maximum Gasteiger partial charge on any atom is 0.342 e. The lowest BCUT2D eigenvalue weighted by molar-refractivity contribution is -0.218. The van der Waals surface area contributed by atoms with Crippen LogP contribution in [-0.4, -0.2) is 53.2 Å². The smallest absolute Gasteiger partial charge is 0.342 e. The Hall–Kier alpha value is -1.67. The second kappa shape index (κ2) is 5.32. The molecule has 2 saturated carbocycles. The number of rotatable bonds is 2. The Morgan fingerprint density at radius 1 is 1.24 bits per heavy atom. The molecule has 0 radical (unpaired) electrons. The van der Waals surface area contributed by atoms with Gasteiger partial charge in [-0.2, -0.15) is 0 Å². The summed E-state index contributed by atoms with van der Waals surface area (Å²) in [7, 11) is 0. The van der Waals surface area contributed by atoms with Gasteiger partial charge in [-0.05, 0) is 17.8 Å². The quantitative estimate of drug-likeness (QED) is 0.538. The highest BCUT2D eigenvalue weighted by atomic mass is 16.7. The highest BCUT2D eigenvalue weighted by Gasteiger charge is 2.95. The third kappa shape index (κ3) is 1.87. The first-order chi connectivity index (χ1) is 13.4. The molecule has 0 aromatic rings. The first-order valence-corrected chi connectivity index (χ1v) is 10.4. The van der Waals surface area contributed by atoms with Crippen LogP contribution in [0.4, 0.5) is 0 Å². The third-order valence-corrected chi connectivity index (χ3v) is 8.13. The van der Waals surface area contributed by atoms with Crippen LogP contribution in [0.2, 0.25) is 0 Å². The SMILES string of the molecule is CC(C)C(=O)OC1CC23C4C[C@@H](C(C)(C)C)C25CC(=O)OC5OC3(C(=O)O4)[C@@H]1O. The number of ether oxygens (including phenoxy) is 4. The Kier molecular flexibility index (Phi) is 3.54. The molecular formula is C21H28O8. The predicted molar refractivity (Wildman–Crippen MR) is 96.0 cm³/mol. The summed E-state index contributed by atoms with van der Waals surface area (Å²) < 4.78 is 23.1. The van der Waals surface area contributed by atoms with E-state index in [9.17, 15) is 19.5 Å². The van der Waals surface area contributed by atoms with Gasteiger partial charge in [0.1, 0.15) is 18.3 Å². The normalized spacial score (nSPS) is 49.7. The molecule has 8 nitrogen and oxygen atoms in total. The number of carbonyl (C=O) groups excluding carboxylic acids is 3. The van der Waals surface area contributed by atoms with Crippen molar-refractivity contribution in [3.05, 3.63) is 0 Å². The van der Waals surface area contributed by atoms with Gasteiger partial charge in [-0.15, -0.1) is 0 Å². The fourth-order valence-electron chi connectivity index (χ4n) is 7.20. The van der Waals surface area contributed by atoms with E-state index in [1.165, 1.54) is 0 Å². The summed E-state index contributed by atoms with van der Waals surface area (Å²) >= 11 is 0. The second-order valence-electron chi connectivity index (χ2n) is 10.7. The summed E-state index contributed by atoms with van der Waals surface area (Å²) in [6.45, 7) is 9.70. The molecule has 5 rings (SSSR count). The second-order valence-corrected chi connectivity index (χ2v) is 10.7. The predicted octanol–water partition coefficient (Wildman–Crippen LogP) is 1.32. The van der Waals surface area contributed by atoms with Gasteiger partial charge in [0, 0.05) is 6.42 Å². The van der Waals surface area contributed by atoms with Crippen LogP contribution in [0.25, 0.3) is 0 Å². The number of hydrogen-bond acceptors (Lipinski definition) is 8. The summed E-state index contributed by atoms with van der Waals surface area (Å²) in [4.78, 5) is 37.8. The molecule has 0 aromatic heterocycles. The van der Waals surface area contributed by atoms with E-state index in [4.69, 9.17) is 18.9 Å². The first-order valence-electron chi connectivity index (χ1n) is 10.4. The molecule has 8 atom stereocenters. The van der Waals surface area contributed by atoms with Crippen LogP contribution < -0.4 is 0 Å². The molecular weight excluding hydrogens is 380 g/mol. The van der Waals surface area contributed by atoms with Gasteiger partial charge in [0.25, 0.3) is 0 Å². The molecule has 0 amide bonds. The molecule has 160 valence electrons. The van der Waals surface area contributed by atoms with Crippen LogP contribution in [0.3, 0.4) is 0 Å². The number of aliphatic hydroxyl groups is 1. The largest absolute Gasteiger partial charge is 0.459 e. The van der Waals surface area contributed by atoms with Gasteiger partial charge in [0.2, 0.25) is 11.9 Å². The number of carbonyl (C=O) groups is 3. The highest BCUT2D eigenvalue weighted by Crippen LogP contribution is 2.82. The van der Waals surface area contributed by atoms with Crippen molar-refractivity contribution in [2.24, 2.45) is 28.1 Å². The fraction of sp³-hybridized carbons (Fsp3) is 0.857. The molecule has 3 aliphatic heterocycles. The zero-order valence-corrected chi connectivity index (χ0v) is 17.4. The number of esters is 3. The standard InChI is InChI=1S/C21H28O8/c1-9(2)15(24)26-10-7-20-12-6-11(18(3,4)5)19(20)8-13(22)28-17(19)29-21(20,14(10)23)16(25)27-12/h9-12,14,17,23H,6-8H2,1-5H3/t10?,11-,12?,14+,17?,19?,20?,21?/m0/s1. The van der Waals surface area contributed by atoms with E-state index in [-0.39, 0.29) is 36.1 Å². The van der Waals surface area contributed by atoms with E-state index in [1.807, 2.05) is 0 Å². The van der Waals surface area contributed by atoms with E-state index in [2.05, 4.69) is 20.8 Å². The molecule has 1 N–H and O–H groups in total. The molecule has 3 heterocycles. The number of aliphatic hydroxyl groups excluding tert-OH is 1. The monoisotopic (exact) mass is 408 g/mol. The van der Waals surface area contributed by atoms with Crippen molar-refractivity contribution in [1.82, 2.24) is 0 Å². The van der Waals surface area contributed by atoms with Crippen molar-refractivity contribution in [1.29, 1.82) is 0 Å². The van der Waals surface area contributed by atoms with Gasteiger partial charge in [0.05, 0.1) is 23.2 Å². The van der Waals surface area contributed by atoms with Crippen LogP contribution >= 0.6 is 0 Å². The van der Waals surface area contributed by atoms with Crippen molar-refractivity contribution in [2.75, 3.05) is 0 Å². The maximum absolute atomic E-state index is 13.1. The molecule has 5 aliphatic rings. The van der Waals surface area contributed by atoms with Gasteiger partial charge >= 0.3 is 17.9 Å². The fourth-order valence-corrected chi connectivity index (χ4v) is 7.20. The minimum atomic E-state index is -1.68. The van der Waals surface area contributed by atoms with Crippen LogP contribution in [0.15, 0.2) is 0 Å². The molecule has 6 unspecified atom stereocenters. The average molecular weight is 408 g/mol. The van der Waals surface area contributed by atoms with Gasteiger partial charge in [-0.3, -0.25) is 9.59 Å². The van der Waals surface area contributed by atoms with Crippen molar-refractivity contribution >= 4 is 17.9 Å². The zero-order valence-electron chi connectivity index (χ0n) is 17.4. The van der Waals surface area contributed by atoms with Crippen LogP contribution in [0, 0.1) is 28.1 Å². The van der Waals surface area contributed by atoms with E-state index >= 15 is 0 Å². The summed E-state index contributed by atoms with van der Waals surface area (Å²) in [5.41, 5.74) is -3.66. The zero-order chi connectivity index (χ0) is 21.1. The van der Waals surface area contributed by atoms with Gasteiger partial charge in [-0.1, -0.05) is 34.6 Å². The van der Waals surface area contributed by atoms with E-state index < -0.39 is 53.0 Å². The molecule has 2 spiro atoms. The first kappa shape index (κ1) is 19.3. The summed E-state index contributed by atoms with van der Waals surface area (Å²) in [6.07, 6.45) is -2.82. The lowest BCUT2D eigenvalue weighted by atomic mass is 9.53. The van der Waals surface area contributed by atoms with Crippen LogP contribution in [-0.2, 0) is 33.3 Å². The van der Waals surface area contributed by atoms with Crippen molar-refractivity contribution in [3.8, 4) is 0 Å². The van der Waals surface area contributed by atoms with Gasteiger partial charge in [-0.25, -0.2) is 4.79 Å². The lowest BCUT2D eigenvalue weighted by Gasteiger charge is -2.44. The summed E-state index contributed by atoms with van der Waals surface area (Å²) in [6, 6.07) is 0. The Morgan fingerprint density at radius 2 is 1.93 bits per heavy atom. The van der Waals surface area contributed by atoms with Crippen molar-refractivity contribution in [2.45, 2.75) is 84.1 Å². The minimum Gasteiger partial charge on any atom is -0.459 e. The third-order valence-electron chi connectivity index (χ3n) is 8.13. The Bertz CT molecular complexity index is 814. The molecule has 0 bridgehead atoms. The molecule has 3 saturated heterocycles. The van der Waals surface area contributed by atoms with Crippen molar-refractivity contribution in [3.63, 3.8) is 0 Å². The van der Waals surface area contributed by atoms with Gasteiger partial charge < -0.3 is 24.1 Å². The Balaban J connectivity index is 1.67. The topological polar surface area (TPSA) is 108 Å². The Labute approximate surface area is 169 Å². The van der Waals surface area contributed by atoms with Crippen molar-refractivity contribution < 1.29 is 38.4 Å². The highest BCUT2D eigenvalue weighted by molar-refractivity contribution is 5.89. The van der Waals surface area contributed by atoms with Gasteiger partial charge in [0.15, 0.2) is 0 Å².